The van der Waals surface area contributed by atoms with Crippen LogP contribution >= 0.6 is 12.4 Å². The largest absolute Gasteiger partial charge is 0.348 e. The van der Waals surface area contributed by atoms with Gasteiger partial charge in [0.25, 0.3) is 0 Å². The van der Waals surface area contributed by atoms with Crippen molar-refractivity contribution in [3.63, 3.8) is 0 Å². The van der Waals surface area contributed by atoms with Gasteiger partial charge in [-0.25, -0.2) is 8.78 Å². The van der Waals surface area contributed by atoms with Gasteiger partial charge in [0.1, 0.15) is 0 Å². The summed E-state index contributed by atoms with van der Waals surface area (Å²) in [6, 6.07) is 2.54. The fourth-order valence-corrected chi connectivity index (χ4v) is 1.28. The fourth-order valence-electron chi connectivity index (χ4n) is 1.28. The number of carbonyl (C=O) groups excluding carboxylic acids is 1. The van der Waals surface area contributed by atoms with Crippen LogP contribution in [0.4, 0.5) is 8.78 Å². The van der Waals surface area contributed by atoms with Gasteiger partial charge in [-0.15, -0.1) is 12.4 Å². The Morgan fingerprint density at radius 3 is 2.47 bits per heavy atom. The molecule has 0 saturated carbocycles. The standard InChI is InChI=1S/C11H14F2N2O.ClH/c1-6(14)11(16)15-7(2)8-4-3-5-9(12)10(8)13;/h3-7H,14H2,1-2H3,(H,15,16);1H/t6-,7?;/m1./s1. The maximum Gasteiger partial charge on any atom is 0.237 e. The molecule has 2 atom stereocenters. The second-order valence-electron chi connectivity index (χ2n) is 3.66. The van der Waals surface area contributed by atoms with E-state index in [-0.39, 0.29) is 18.0 Å². The van der Waals surface area contributed by atoms with Crippen molar-refractivity contribution in [1.82, 2.24) is 5.32 Å². The molecule has 0 spiro atoms. The Kier molecular flexibility index (Phi) is 6.05. The van der Waals surface area contributed by atoms with E-state index in [2.05, 4.69) is 5.32 Å². The first-order valence-electron chi connectivity index (χ1n) is 4.93. The molecule has 1 aromatic rings. The summed E-state index contributed by atoms with van der Waals surface area (Å²) in [5.74, 6) is -2.28. The molecule has 0 saturated heterocycles. The lowest BCUT2D eigenvalue weighted by Gasteiger charge is -2.16. The quantitative estimate of drug-likeness (QED) is 0.876. The zero-order valence-electron chi connectivity index (χ0n) is 9.54. The van der Waals surface area contributed by atoms with Gasteiger partial charge in [0.05, 0.1) is 12.1 Å². The van der Waals surface area contributed by atoms with Gasteiger partial charge in [-0.1, -0.05) is 12.1 Å². The van der Waals surface area contributed by atoms with Gasteiger partial charge in [-0.2, -0.15) is 0 Å². The fraction of sp³-hybridized carbons (Fsp3) is 0.364. The summed E-state index contributed by atoms with van der Waals surface area (Å²) >= 11 is 0. The van der Waals surface area contributed by atoms with Crippen LogP contribution in [0.1, 0.15) is 25.5 Å². The molecule has 1 aromatic carbocycles. The smallest absolute Gasteiger partial charge is 0.237 e. The van der Waals surface area contributed by atoms with Crippen molar-refractivity contribution in [3.05, 3.63) is 35.4 Å². The zero-order chi connectivity index (χ0) is 12.3. The molecule has 0 heterocycles. The molecule has 0 fully saturated rings. The minimum atomic E-state index is -0.944. The maximum atomic E-state index is 13.3. The molecule has 0 radical (unpaired) electrons. The number of hydrogen-bond acceptors (Lipinski definition) is 2. The summed E-state index contributed by atoms with van der Waals surface area (Å²) in [6.45, 7) is 3.09. The Morgan fingerprint density at radius 1 is 1.35 bits per heavy atom. The van der Waals surface area contributed by atoms with Crippen molar-refractivity contribution in [2.24, 2.45) is 5.73 Å². The summed E-state index contributed by atoms with van der Waals surface area (Å²) in [7, 11) is 0. The van der Waals surface area contributed by atoms with Gasteiger partial charge >= 0.3 is 0 Å². The second-order valence-corrected chi connectivity index (χ2v) is 3.66. The third kappa shape index (κ3) is 3.94. The summed E-state index contributed by atoms with van der Waals surface area (Å²) < 4.78 is 26.3. The first-order valence-corrected chi connectivity index (χ1v) is 4.93. The minimum absolute atomic E-state index is 0. The average Bonchev–Trinajstić information content (AvgIpc) is 2.21. The Hall–Kier alpha value is -1.20. The molecule has 1 unspecified atom stereocenters. The van der Waals surface area contributed by atoms with Gasteiger partial charge in [0, 0.05) is 5.56 Å². The van der Waals surface area contributed by atoms with Gasteiger partial charge in [0.15, 0.2) is 11.6 Å². The lowest BCUT2D eigenvalue weighted by Crippen LogP contribution is -2.39. The first-order chi connectivity index (χ1) is 7.43. The minimum Gasteiger partial charge on any atom is -0.348 e. The maximum absolute atomic E-state index is 13.3. The lowest BCUT2D eigenvalue weighted by atomic mass is 10.1. The lowest BCUT2D eigenvalue weighted by molar-refractivity contribution is -0.122. The number of nitrogens with one attached hydrogen (secondary N) is 1. The molecular formula is C11H15ClF2N2O. The highest BCUT2D eigenvalue weighted by molar-refractivity contribution is 5.85. The van der Waals surface area contributed by atoms with Crippen LogP contribution < -0.4 is 11.1 Å². The Labute approximate surface area is 105 Å². The Morgan fingerprint density at radius 2 is 1.94 bits per heavy atom. The van der Waals surface area contributed by atoms with E-state index in [1.54, 1.807) is 6.92 Å². The van der Waals surface area contributed by atoms with E-state index >= 15 is 0 Å². The van der Waals surface area contributed by atoms with Crippen molar-refractivity contribution >= 4 is 18.3 Å². The number of benzene rings is 1. The van der Waals surface area contributed by atoms with E-state index in [0.717, 1.165) is 6.07 Å². The van der Waals surface area contributed by atoms with Gasteiger partial charge in [-0.05, 0) is 19.9 Å². The monoisotopic (exact) mass is 264 g/mol. The third-order valence-corrected chi connectivity index (χ3v) is 2.22. The number of carbonyl (C=O) groups is 1. The van der Waals surface area contributed by atoms with Gasteiger partial charge < -0.3 is 11.1 Å². The number of rotatable bonds is 3. The predicted octanol–water partition coefficient (Wildman–Crippen LogP) is 1.91. The SMILES string of the molecule is CC(NC(=O)[C@@H](C)N)c1cccc(F)c1F.Cl. The third-order valence-electron chi connectivity index (χ3n) is 2.22. The first kappa shape index (κ1) is 15.8. The Bertz CT molecular complexity index is 399. The van der Waals surface area contributed by atoms with Crippen LogP contribution in [-0.4, -0.2) is 11.9 Å². The normalized spacial score (nSPS) is 13.5. The number of hydrogen-bond donors (Lipinski definition) is 2. The van der Waals surface area contributed by atoms with Crippen molar-refractivity contribution < 1.29 is 13.6 Å². The van der Waals surface area contributed by atoms with E-state index in [9.17, 15) is 13.6 Å². The molecule has 1 rings (SSSR count). The molecule has 0 aromatic heterocycles. The van der Waals surface area contributed by atoms with Crippen LogP contribution in [-0.2, 0) is 4.79 Å². The molecule has 1 amide bonds. The van der Waals surface area contributed by atoms with E-state index in [4.69, 9.17) is 5.73 Å². The predicted molar refractivity (Wildman–Crippen MR) is 63.8 cm³/mol. The molecule has 0 aliphatic carbocycles. The van der Waals surface area contributed by atoms with Gasteiger partial charge in [0.2, 0.25) is 5.91 Å². The van der Waals surface area contributed by atoms with Crippen LogP contribution in [0.15, 0.2) is 18.2 Å². The van der Waals surface area contributed by atoms with Crippen LogP contribution in [0.5, 0.6) is 0 Å². The summed E-state index contributed by atoms with van der Waals surface area (Å²) in [4.78, 5) is 11.3. The summed E-state index contributed by atoms with van der Waals surface area (Å²) in [5.41, 5.74) is 5.46. The van der Waals surface area contributed by atoms with E-state index in [1.807, 2.05) is 0 Å². The molecule has 3 N–H and O–H groups in total. The van der Waals surface area contributed by atoms with Crippen molar-refractivity contribution in [1.29, 1.82) is 0 Å². The molecule has 96 valence electrons. The summed E-state index contributed by atoms with van der Waals surface area (Å²) in [6.07, 6.45) is 0. The second kappa shape index (κ2) is 6.51. The summed E-state index contributed by atoms with van der Waals surface area (Å²) in [5, 5.41) is 2.49. The molecule has 0 aliphatic rings. The average molecular weight is 265 g/mol. The molecule has 3 nitrogen and oxygen atoms in total. The highest BCUT2D eigenvalue weighted by Gasteiger charge is 2.17. The van der Waals surface area contributed by atoms with E-state index in [1.165, 1.54) is 19.1 Å². The number of amides is 1. The van der Waals surface area contributed by atoms with Crippen molar-refractivity contribution in [2.45, 2.75) is 25.9 Å². The topological polar surface area (TPSA) is 55.1 Å². The van der Waals surface area contributed by atoms with Crippen molar-refractivity contribution in [2.75, 3.05) is 0 Å². The highest BCUT2D eigenvalue weighted by atomic mass is 35.5. The zero-order valence-corrected chi connectivity index (χ0v) is 10.4. The van der Waals surface area contributed by atoms with Crippen LogP contribution in [0.3, 0.4) is 0 Å². The molecule has 0 bridgehead atoms. The van der Waals surface area contributed by atoms with Crippen molar-refractivity contribution in [3.8, 4) is 0 Å². The Balaban J connectivity index is 0.00000256. The van der Waals surface area contributed by atoms with E-state index < -0.39 is 29.6 Å². The molecule has 17 heavy (non-hydrogen) atoms. The highest BCUT2D eigenvalue weighted by Crippen LogP contribution is 2.18. The molecule has 0 aliphatic heterocycles. The number of halogens is 3. The van der Waals surface area contributed by atoms with Gasteiger partial charge in [-0.3, -0.25) is 4.79 Å². The van der Waals surface area contributed by atoms with Crippen LogP contribution in [0.2, 0.25) is 0 Å². The van der Waals surface area contributed by atoms with Crippen LogP contribution in [0.25, 0.3) is 0 Å². The van der Waals surface area contributed by atoms with Crippen LogP contribution in [0, 0.1) is 11.6 Å². The molecular weight excluding hydrogens is 250 g/mol. The molecule has 6 heteroatoms. The number of nitrogens with two attached hydrogens (primary N) is 1. The van der Waals surface area contributed by atoms with E-state index in [0.29, 0.717) is 0 Å².